The predicted molar refractivity (Wildman–Crippen MR) is 154 cm³/mol. The Morgan fingerprint density at radius 2 is 1.54 bits per heavy atom. The maximum atomic E-state index is 13.5. The summed E-state index contributed by atoms with van der Waals surface area (Å²) in [5.74, 6) is -0.378. The Bertz CT molecular complexity index is 1540. The highest BCUT2D eigenvalue weighted by Gasteiger charge is 2.48. The first kappa shape index (κ1) is 26.4. The quantitative estimate of drug-likeness (QED) is 0.142. The van der Waals surface area contributed by atoms with E-state index in [9.17, 15) is 14.7 Å². The number of nitrogens with zero attached hydrogens (tertiary/aromatic N) is 2. The minimum atomic E-state index is -0.858. The molecule has 4 aromatic rings. The number of amides is 1. The summed E-state index contributed by atoms with van der Waals surface area (Å²) in [7, 11) is 0. The van der Waals surface area contributed by atoms with Crippen LogP contribution in [0.1, 0.15) is 49.4 Å². The molecule has 0 saturated carbocycles. The van der Waals surface area contributed by atoms with E-state index in [1.54, 1.807) is 24.3 Å². The molecular weight excluding hydrogens is 512 g/mol. The molecule has 1 saturated heterocycles. The molecule has 200 valence electrons. The number of hydrogen-bond acceptors (Lipinski definition) is 7. The van der Waals surface area contributed by atoms with Gasteiger partial charge in [-0.25, -0.2) is 4.98 Å². The van der Waals surface area contributed by atoms with E-state index in [1.165, 1.54) is 16.2 Å². The van der Waals surface area contributed by atoms with Crippen LogP contribution in [0.3, 0.4) is 0 Å². The van der Waals surface area contributed by atoms with Crippen LogP contribution in [0, 0.1) is 6.92 Å². The van der Waals surface area contributed by atoms with E-state index in [1.807, 2.05) is 63.2 Å². The second kappa shape index (κ2) is 11.3. The monoisotopic (exact) mass is 542 g/mol. The Morgan fingerprint density at radius 1 is 0.923 bits per heavy atom. The summed E-state index contributed by atoms with van der Waals surface area (Å²) in [6.07, 6.45) is 1.75. The van der Waals surface area contributed by atoms with Crippen LogP contribution in [0.4, 0.5) is 5.13 Å². The van der Waals surface area contributed by atoms with Gasteiger partial charge in [0, 0.05) is 5.56 Å². The summed E-state index contributed by atoms with van der Waals surface area (Å²) in [6.45, 7) is 7.21. The van der Waals surface area contributed by atoms with Gasteiger partial charge in [-0.2, -0.15) is 0 Å². The first-order chi connectivity index (χ1) is 18.9. The van der Waals surface area contributed by atoms with E-state index in [4.69, 9.17) is 9.47 Å². The van der Waals surface area contributed by atoms with Gasteiger partial charge >= 0.3 is 5.91 Å². The number of ether oxygens (including phenoxy) is 2. The first-order valence-corrected chi connectivity index (χ1v) is 13.9. The molecule has 39 heavy (non-hydrogen) atoms. The van der Waals surface area contributed by atoms with E-state index in [-0.39, 0.29) is 11.3 Å². The smallest absolute Gasteiger partial charge is 0.301 e. The number of aromatic nitrogens is 1. The van der Waals surface area contributed by atoms with Crippen molar-refractivity contribution in [2.75, 3.05) is 18.1 Å². The maximum Gasteiger partial charge on any atom is 0.301 e. The molecule has 1 atom stereocenters. The van der Waals surface area contributed by atoms with Crippen molar-refractivity contribution in [2.45, 2.75) is 39.7 Å². The molecular formula is C31H30N2O5S. The third kappa shape index (κ3) is 5.25. The second-order valence-electron chi connectivity index (χ2n) is 9.43. The van der Waals surface area contributed by atoms with E-state index < -0.39 is 17.7 Å². The molecule has 1 aromatic heterocycles. The van der Waals surface area contributed by atoms with Gasteiger partial charge in [0.1, 0.15) is 17.3 Å². The van der Waals surface area contributed by atoms with Crippen molar-refractivity contribution in [3.05, 3.63) is 89.0 Å². The van der Waals surface area contributed by atoms with Crippen molar-refractivity contribution in [3.8, 4) is 11.5 Å². The number of ketones is 1. The summed E-state index contributed by atoms with van der Waals surface area (Å²) in [4.78, 5) is 33.1. The summed E-state index contributed by atoms with van der Waals surface area (Å²) in [5.41, 5.74) is 2.92. The first-order valence-electron chi connectivity index (χ1n) is 13.1. The van der Waals surface area contributed by atoms with Crippen LogP contribution in [0.25, 0.3) is 16.0 Å². The molecule has 1 unspecified atom stereocenters. The van der Waals surface area contributed by atoms with Crippen LogP contribution in [-0.4, -0.2) is 35.0 Å². The van der Waals surface area contributed by atoms with Crippen molar-refractivity contribution < 1.29 is 24.2 Å². The van der Waals surface area contributed by atoms with Crippen LogP contribution < -0.4 is 14.4 Å². The van der Waals surface area contributed by atoms with Crippen molar-refractivity contribution in [1.82, 2.24) is 4.98 Å². The number of benzene rings is 3. The summed E-state index contributed by atoms with van der Waals surface area (Å²) in [5, 5.41) is 11.8. The molecule has 5 rings (SSSR count). The van der Waals surface area contributed by atoms with Crippen LogP contribution >= 0.6 is 11.3 Å². The fourth-order valence-electron chi connectivity index (χ4n) is 4.52. The molecule has 0 spiro atoms. The number of thiazole rings is 1. The number of aliphatic hydroxyl groups is 1. The number of anilines is 1. The Hall–Kier alpha value is -4.17. The largest absolute Gasteiger partial charge is 0.507 e. The molecule has 7 nitrogen and oxygen atoms in total. The molecule has 1 aliphatic heterocycles. The van der Waals surface area contributed by atoms with Gasteiger partial charge in [0.2, 0.25) is 0 Å². The topological polar surface area (TPSA) is 89.0 Å². The van der Waals surface area contributed by atoms with Gasteiger partial charge < -0.3 is 14.6 Å². The van der Waals surface area contributed by atoms with Crippen molar-refractivity contribution >= 4 is 44.1 Å². The number of fused-ring (bicyclic) bond motifs is 1. The normalized spacial score (nSPS) is 16.7. The molecule has 3 aromatic carbocycles. The van der Waals surface area contributed by atoms with Gasteiger partial charge in [-0.15, -0.1) is 0 Å². The lowest BCUT2D eigenvalue weighted by atomic mass is 9.95. The number of hydrogen-bond donors (Lipinski definition) is 1. The molecule has 0 aliphatic carbocycles. The Balaban J connectivity index is 1.62. The Labute approximate surface area is 231 Å². The SMILES string of the molecule is CCCOc1ccc(C(O)=C2C(=O)C(=O)N(c3nc4ccc(C)cc4s3)C2c2ccc(OCCC)cc2)cc1. The fraction of sp³-hybridized carbons (Fsp3) is 0.258. The summed E-state index contributed by atoms with van der Waals surface area (Å²) in [6, 6.07) is 19.1. The second-order valence-corrected chi connectivity index (χ2v) is 10.4. The van der Waals surface area contributed by atoms with Gasteiger partial charge in [0.05, 0.1) is 35.0 Å². The van der Waals surface area contributed by atoms with E-state index >= 15 is 0 Å². The van der Waals surface area contributed by atoms with Gasteiger partial charge in [0.25, 0.3) is 5.78 Å². The third-order valence-corrected chi connectivity index (χ3v) is 7.47. The molecule has 0 radical (unpaired) electrons. The molecule has 1 aliphatic rings. The lowest BCUT2D eigenvalue weighted by Gasteiger charge is -2.23. The zero-order valence-corrected chi connectivity index (χ0v) is 23.0. The molecule has 8 heteroatoms. The Morgan fingerprint density at radius 3 is 2.15 bits per heavy atom. The lowest BCUT2D eigenvalue weighted by Crippen LogP contribution is -2.29. The van der Waals surface area contributed by atoms with Crippen LogP contribution in [0.15, 0.2) is 72.3 Å². The predicted octanol–water partition coefficient (Wildman–Crippen LogP) is 6.81. The van der Waals surface area contributed by atoms with Crippen LogP contribution in [0.2, 0.25) is 0 Å². The zero-order chi connectivity index (χ0) is 27.5. The van der Waals surface area contributed by atoms with E-state index in [0.29, 0.717) is 41.0 Å². The minimum Gasteiger partial charge on any atom is -0.507 e. The number of aryl methyl sites for hydroxylation is 1. The van der Waals surface area contributed by atoms with Crippen molar-refractivity contribution in [1.29, 1.82) is 0 Å². The van der Waals surface area contributed by atoms with Crippen LogP contribution in [0.5, 0.6) is 11.5 Å². The van der Waals surface area contributed by atoms with Gasteiger partial charge in [-0.3, -0.25) is 14.5 Å². The Kier molecular flexibility index (Phi) is 7.65. The average Bonchev–Trinajstić information content (AvgIpc) is 3.48. The minimum absolute atomic E-state index is 0.0138. The standard InChI is InChI=1S/C31H30N2O5S/c1-4-16-37-22-11-7-20(8-12-22)27-26(28(34)21-9-13-23(14-10-21)38-17-5-2)29(35)30(36)33(27)31-32-24-15-6-19(3)18-25(24)39-31/h6-15,18,27,34H,4-5,16-17H2,1-3H3. The molecule has 1 fully saturated rings. The fourth-order valence-corrected chi connectivity index (χ4v) is 5.61. The number of Topliss-reactive ketones (excluding diaryl/α,β-unsaturated/α-hetero) is 1. The molecule has 1 N–H and O–H groups in total. The van der Waals surface area contributed by atoms with Gasteiger partial charge in [-0.1, -0.05) is 43.4 Å². The number of rotatable bonds is 9. The number of carbonyl (C=O) groups excluding carboxylic acids is 2. The summed E-state index contributed by atoms with van der Waals surface area (Å²) < 4.78 is 12.3. The zero-order valence-electron chi connectivity index (χ0n) is 22.1. The molecule has 2 heterocycles. The molecule has 1 amide bonds. The van der Waals surface area contributed by atoms with Gasteiger partial charge in [0.15, 0.2) is 5.13 Å². The molecule has 0 bridgehead atoms. The van der Waals surface area contributed by atoms with Crippen molar-refractivity contribution in [3.63, 3.8) is 0 Å². The summed E-state index contributed by atoms with van der Waals surface area (Å²) >= 11 is 1.34. The highest BCUT2D eigenvalue weighted by atomic mass is 32.1. The maximum absolute atomic E-state index is 13.5. The lowest BCUT2D eigenvalue weighted by molar-refractivity contribution is -0.132. The highest BCUT2D eigenvalue weighted by molar-refractivity contribution is 7.22. The van der Waals surface area contributed by atoms with Crippen LogP contribution in [-0.2, 0) is 9.59 Å². The third-order valence-electron chi connectivity index (χ3n) is 6.45. The average molecular weight is 543 g/mol. The highest BCUT2D eigenvalue weighted by Crippen LogP contribution is 2.44. The van der Waals surface area contributed by atoms with Gasteiger partial charge in [-0.05, 0) is 79.4 Å². The number of carbonyl (C=O) groups is 2. The van der Waals surface area contributed by atoms with E-state index in [0.717, 1.165) is 28.6 Å². The van der Waals surface area contributed by atoms with E-state index in [2.05, 4.69) is 4.98 Å². The number of aliphatic hydroxyl groups excluding tert-OH is 1. The van der Waals surface area contributed by atoms with Crippen molar-refractivity contribution in [2.24, 2.45) is 0 Å².